The van der Waals surface area contributed by atoms with Crippen LogP contribution < -0.4 is 5.32 Å². The number of likely N-dealkylation sites (tertiary alicyclic amines) is 1. The Morgan fingerprint density at radius 3 is 2.71 bits per heavy atom. The maximum atomic E-state index is 5.99. The predicted octanol–water partition coefficient (Wildman–Crippen LogP) is 2.90. The second-order valence-corrected chi connectivity index (χ2v) is 8.23. The van der Waals surface area contributed by atoms with Crippen molar-refractivity contribution in [1.82, 2.24) is 10.2 Å². The Morgan fingerprint density at radius 1 is 1.19 bits per heavy atom. The molecule has 2 saturated heterocycles. The fraction of sp³-hybridized carbons (Fsp3) is 1.00. The minimum atomic E-state index is 0.325. The van der Waals surface area contributed by atoms with Gasteiger partial charge in [-0.05, 0) is 64.2 Å². The summed E-state index contributed by atoms with van der Waals surface area (Å²) in [5.74, 6) is 1.71. The molecular weight excluding hydrogens is 260 g/mol. The molecule has 0 bridgehead atoms. The molecule has 0 radical (unpaired) electrons. The zero-order valence-corrected chi connectivity index (χ0v) is 14.2. The van der Waals surface area contributed by atoms with Crippen LogP contribution in [0.5, 0.6) is 0 Å². The lowest BCUT2D eigenvalue weighted by molar-refractivity contribution is -0.192. The van der Waals surface area contributed by atoms with E-state index in [1.165, 1.54) is 58.3 Å². The standard InChI is InChI=1S/C18H34N2O/c1-14-7-11-20(12-8-14)10-5-9-19-16-15-6-4-13-21-17(15)18(16,2)3/h14-17,19H,4-13H2,1-3H3. The van der Waals surface area contributed by atoms with Crippen molar-refractivity contribution in [3.05, 3.63) is 0 Å². The van der Waals surface area contributed by atoms with Gasteiger partial charge < -0.3 is 15.0 Å². The van der Waals surface area contributed by atoms with Crippen LogP contribution in [0, 0.1) is 17.3 Å². The number of nitrogens with one attached hydrogen (secondary N) is 1. The zero-order valence-electron chi connectivity index (χ0n) is 14.2. The van der Waals surface area contributed by atoms with Crippen molar-refractivity contribution in [1.29, 1.82) is 0 Å². The van der Waals surface area contributed by atoms with Gasteiger partial charge in [0, 0.05) is 24.0 Å². The summed E-state index contributed by atoms with van der Waals surface area (Å²) in [6.45, 7) is 13.2. The van der Waals surface area contributed by atoms with E-state index in [1.807, 2.05) is 0 Å². The molecule has 3 fully saturated rings. The summed E-state index contributed by atoms with van der Waals surface area (Å²) in [7, 11) is 0. The lowest BCUT2D eigenvalue weighted by atomic mass is 9.55. The minimum absolute atomic E-state index is 0.325. The summed E-state index contributed by atoms with van der Waals surface area (Å²) in [5, 5.41) is 3.85. The van der Waals surface area contributed by atoms with E-state index in [0.717, 1.165) is 18.4 Å². The van der Waals surface area contributed by atoms with Gasteiger partial charge in [0.1, 0.15) is 0 Å². The minimum Gasteiger partial charge on any atom is -0.377 e. The fourth-order valence-corrected chi connectivity index (χ4v) is 4.78. The highest BCUT2D eigenvalue weighted by Gasteiger charge is 2.57. The van der Waals surface area contributed by atoms with Crippen LogP contribution in [-0.2, 0) is 4.74 Å². The second-order valence-electron chi connectivity index (χ2n) is 8.23. The molecule has 3 rings (SSSR count). The lowest BCUT2D eigenvalue weighted by Gasteiger charge is -2.60. The molecule has 0 aromatic rings. The smallest absolute Gasteiger partial charge is 0.0684 e. The third-order valence-corrected chi connectivity index (χ3v) is 6.22. The molecule has 2 aliphatic heterocycles. The van der Waals surface area contributed by atoms with E-state index in [1.54, 1.807) is 0 Å². The molecule has 21 heavy (non-hydrogen) atoms. The monoisotopic (exact) mass is 294 g/mol. The molecule has 0 aromatic carbocycles. The largest absolute Gasteiger partial charge is 0.377 e. The summed E-state index contributed by atoms with van der Waals surface area (Å²) in [5.41, 5.74) is 0.325. The van der Waals surface area contributed by atoms with Gasteiger partial charge in [0.25, 0.3) is 0 Å². The summed E-state index contributed by atoms with van der Waals surface area (Å²) in [6, 6.07) is 0.671. The van der Waals surface area contributed by atoms with Crippen LogP contribution in [0.3, 0.4) is 0 Å². The second kappa shape index (κ2) is 6.55. The van der Waals surface area contributed by atoms with E-state index >= 15 is 0 Å². The van der Waals surface area contributed by atoms with E-state index in [2.05, 4.69) is 31.0 Å². The number of ether oxygens (including phenoxy) is 1. The van der Waals surface area contributed by atoms with Gasteiger partial charge in [-0.15, -0.1) is 0 Å². The fourth-order valence-electron chi connectivity index (χ4n) is 4.78. The SMILES string of the molecule is CC1CCN(CCCNC2C3CCCOC3C2(C)C)CC1. The normalized spacial score (nSPS) is 37.0. The highest BCUT2D eigenvalue weighted by Crippen LogP contribution is 2.51. The lowest BCUT2D eigenvalue weighted by Crippen LogP contribution is -2.69. The van der Waals surface area contributed by atoms with Gasteiger partial charge in [0.15, 0.2) is 0 Å². The molecule has 3 heteroatoms. The molecule has 122 valence electrons. The first-order chi connectivity index (χ1) is 10.1. The average Bonchev–Trinajstić information content (AvgIpc) is 2.49. The van der Waals surface area contributed by atoms with Gasteiger partial charge in [-0.2, -0.15) is 0 Å². The van der Waals surface area contributed by atoms with Crippen molar-refractivity contribution < 1.29 is 4.74 Å². The van der Waals surface area contributed by atoms with Gasteiger partial charge in [-0.3, -0.25) is 0 Å². The Kier molecular flexibility index (Phi) is 4.92. The number of hydrogen-bond acceptors (Lipinski definition) is 3. The molecule has 1 saturated carbocycles. The molecule has 0 aromatic heterocycles. The number of nitrogens with zero attached hydrogens (tertiary/aromatic N) is 1. The van der Waals surface area contributed by atoms with Crippen molar-refractivity contribution in [3.8, 4) is 0 Å². The van der Waals surface area contributed by atoms with Gasteiger partial charge in [0.05, 0.1) is 6.10 Å². The first-order valence-electron chi connectivity index (χ1n) is 9.16. The van der Waals surface area contributed by atoms with Crippen molar-refractivity contribution in [2.75, 3.05) is 32.8 Å². The molecule has 3 nitrogen and oxygen atoms in total. The van der Waals surface area contributed by atoms with E-state index in [9.17, 15) is 0 Å². The Labute approximate surface area is 130 Å². The van der Waals surface area contributed by atoms with E-state index in [4.69, 9.17) is 4.74 Å². The molecule has 3 aliphatic rings. The molecule has 1 aliphatic carbocycles. The summed E-state index contributed by atoms with van der Waals surface area (Å²) < 4.78 is 5.99. The van der Waals surface area contributed by atoms with Crippen molar-refractivity contribution >= 4 is 0 Å². The molecule has 2 heterocycles. The molecule has 0 spiro atoms. The number of hydrogen-bond donors (Lipinski definition) is 1. The Bertz CT molecular complexity index is 336. The highest BCUT2D eigenvalue weighted by atomic mass is 16.5. The summed E-state index contributed by atoms with van der Waals surface area (Å²) in [4.78, 5) is 2.65. The van der Waals surface area contributed by atoms with Gasteiger partial charge in [-0.25, -0.2) is 0 Å². The van der Waals surface area contributed by atoms with Crippen LogP contribution >= 0.6 is 0 Å². The van der Waals surface area contributed by atoms with Crippen molar-refractivity contribution in [2.45, 2.75) is 65.0 Å². The third kappa shape index (κ3) is 3.30. The topological polar surface area (TPSA) is 24.5 Å². The molecule has 1 N–H and O–H groups in total. The first-order valence-corrected chi connectivity index (χ1v) is 9.16. The highest BCUT2D eigenvalue weighted by molar-refractivity contribution is 5.10. The quantitative estimate of drug-likeness (QED) is 0.789. The molecule has 3 atom stereocenters. The first kappa shape index (κ1) is 15.8. The maximum absolute atomic E-state index is 5.99. The van der Waals surface area contributed by atoms with Gasteiger partial charge in [-0.1, -0.05) is 20.8 Å². The summed E-state index contributed by atoms with van der Waals surface area (Å²) in [6.07, 6.45) is 7.19. The molecular formula is C18H34N2O. The predicted molar refractivity (Wildman–Crippen MR) is 87.5 cm³/mol. The van der Waals surface area contributed by atoms with E-state index in [-0.39, 0.29) is 0 Å². The van der Waals surface area contributed by atoms with Crippen LogP contribution in [-0.4, -0.2) is 49.8 Å². The number of rotatable bonds is 5. The zero-order chi connectivity index (χ0) is 14.9. The van der Waals surface area contributed by atoms with Crippen LogP contribution in [0.15, 0.2) is 0 Å². The van der Waals surface area contributed by atoms with Crippen molar-refractivity contribution in [3.63, 3.8) is 0 Å². The summed E-state index contributed by atoms with van der Waals surface area (Å²) >= 11 is 0. The van der Waals surface area contributed by atoms with Crippen LogP contribution in [0.25, 0.3) is 0 Å². The number of piperidine rings is 1. The Morgan fingerprint density at radius 2 is 1.95 bits per heavy atom. The molecule has 3 unspecified atom stereocenters. The molecule has 0 amide bonds. The maximum Gasteiger partial charge on any atom is 0.0684 e. The van der Waals surface area contributed by atoms with Gasteiger partial charge >= 0.3 is 0 Å². The van der Waals surface area contributed by atoms with E-state index in [0.29, 0.717) is 17.6 Å². The Balaban J connectivity index is 1.36. The van der Waals surface area contributed by atoms with Crippen LogP contribution in [0.2, 0.25) is 0 Å². The Hall–Kier alpha value is -0.120. The van der Waals surface area contributed by atoms with Gasteiger partial charge in [0.2, 0.25) is 0 Å². The van der Waals surface area contributed by atoms with Crippen molar-refractivity contribution in [2.24, 2.45) is 17.3 Å². The van der Waals surface area contributed by atoms with Crippen LogP contribution in [0.1, 0.15) is 52.9 Å². The average molecular weight is 294 g/mol. The third-order valence-electron chi connectivity index (χ3n) is 6.22. The van der Waals surface area contributed by atoms with E-state index < -0.39 is 0 Å². The number of fused-ring (bicyclic) bond motifs is 1. The van der Waals surface area contributed by atoms with Crippen LogP contribution in [0.4, 0.5) is 0 Å².